The number of benzene rings is 1. The van der Waals surface area contributed by atoms with E-state index in [1.54, 1.807) is 11.3 Å². The molecule has 1 aliphatic heterocycles. The van der Waals surface area contributed by atoms with Crippen LogP contribution in [0.1, 0.15) is 12.6 Å². The molecule has 0 radical (unpaired) electrons. The van der Waals surface area contributed by atoms with E-state index in [1.165, 1.54) is 0 Å². The Hall–Kier alpha value is -1.63. The molecule has 6 heteroatoms. The minimum absolute atomic E-state index is 0.174. The summed E-state index contributed by atoms with van der Waals surface area (Å²) in [6.07, 6.45) is 0. The van der Waals surface area contributed by atoms with Crippen molar-refractivity contribution >= 4 is 11.3 Å². The van der Waals surface area contributed by atoms with Gasteiger partial charge in [-0.05, 0) is 24.7 Å². The van der Waals surface area contributed by atoms with E-state index in [0.717, 1.165) is 40.9 Å². The number of thiazole rings is 1. The number of aliphatic hydroxyl groups excluding tert-OH is 1. The summed E-state index contributed by atoms with van der Waals surface area (Å²) < 4.78 is 10.7. The summed E-state index contributed by atoms with van der Waals surface area (Å²) in [6.45, 7) is 4.88. The van der Waals surface area contributed by atoms with Gasteiger partial charge in [-0.3, -0.25) is 4.90 Å². The van der Waals surface area contributed by atoms with Crippen molar-refractivity contribution in [2.45, 2.75) is 13.5 Å². The normalized spacial score (nSPS) is 13.1. The lowest BCUT2D eigenvalue weighted by Gasteiger charge is -2.17. The van der Waals surface area contributed by atoms with Gasteiger partial charge in [-0.15, -0.1) is 11.3 Å². The standard InChI is InChI=1S/C15H18N2O3S/c1-2-17(5-6-18)8-12-9-21-15(16-12)11-3-4-13-14(7-11)20-10-19-13/h3-4,7,9,18H,2,5-6,8,10H2,1H3. The zero-order valence-electron chi connectivity index (χ0n) is 11.9. The third-order valence-electron chi connectivity index (χ3n) is 3.42. The Morgan fingerprint density at radius 2 is 2.19 bits per heavy atom. The van der Waals surface area contributed by atoms with Crippen molar-refractivity contribution < 1.29 is 14.6 Å². The molecule has 0 atom stereocenters. The minimum atomic E-state index is 0.174. The topological polar surface area (TPSA) is 54.8 Å². The SMILES string of the molecule is CCN(CCO)Cc1csc(-c2ccc3c(c2)OCO3)n1. The van der Waals surface area contributed by atoms with Crippen LogP contribution in [0.2, 0.25) is 0 Å². The van der Waals surface area contributed by atoms with E-state index in [9.17, 15) is 0 Å². The first kappa shape index (κ1) is 14.3. The number of rotatable bonds is 6. The monoisotopic (exact) mass is 306 g/mol. The predicted molar refractivity (Wildman–Crippen MR) is 81.7 cm³/mol. The molecule has 0 spiro atoms. The summed E-state index contributed by atoms with van der Waals surface area (Å²) in [6, 6.07) is 5.89. The zero-order valence-corrected chi connectivity index (χ0v) is 12.7. The highest BCUT2D eigenvalue weighted by Gasteiger charge is 2.15. The average Bonchev–Trinajstić information content (AvgIpc) is 3.14. The second-order valence-electron chi connectivity index (χ2n) is 4.80. The van der Waals surface area contributed by atoms with Crippen LogP contribution in [0.4, 0.5) is 0 Å². The van der Waals surface area contributed by atoms with Gasteiger partial charge in [0.15, 0.2) is 11.5 Å². The van der Waals surface area contributed by atoms with Gasteiger partial charge in [0.25, 0.3) is 0 Å². The fourth-order valence-corrected chi connectivity index (χ4v) is 3.07. The summed E-state index contributed by atoms with van der Waals surface area (Å²) in [5.74, 6) is 1.57. The molecule has 3 rings (SSSR count). The summed E-state index contributed by atoms with van der Waals surface area (Å²) in [5, 5.41) is 12.1. The lowest BCUT2D eigenvalue weighted by molar-refractivity contribution is 0.174. The fourth-order valence-electron chi connectivity index (χ4n) is 2.26. The average molecular weight is 306 g/mol. The van der Waals surface area contributed by atoms with Gasteiger partial charge in [0, 0.05) is 24.0 Å². The zero-order chi connectivity index (χ0) is 14.7. The summed E-state index contributed by atoms with van der Waals surface area (Å²) in [7, 11) is 0. The molecule has 2 heterocycles. The fraction of sp³-hybridized carbons (Fsp3) is 0.400. The smallest absolute Gasteiger partial charge is 0.231 e. The molecule has 0 unspecified atom stereocenters. The lowest BCUT2D eigenvalue weighted by Crippen LogP contribution is -2.26. The van der Waals surface area contributed by atoms with E-state index in [4.69, 9.17) is 14.6 Å². The highest BCUT2D eigenvalue weighted by Crippen LogP contribution is 2.36. The molecule has 0 saturated heterocycles. The van der Waals surface area contributed by atoms with Crippen LogP contribution in [0.3, 0.4) is 0 Å². The first-order valence-corrected chi connectivity index (χ1v) is 7.85. The van der Waals surface area contributed by atoms with Crippen LogP contribution in [0.15, 0.2) is 23.6 Å². The van der Waals surface area contributed by atoms with Gasteiger partial charge in [0.2, 0.25) is 6.79 Å². The van der Waals surface area contributed by atoms with E-state index in [-0.39, 0.29) is 13.4 Å². The second-order valence-corrected chi connectivity index (χ2v) is 5.66. The van der Waals surface area contributed by atoms with Gasteiger partial charge in [-0.1, -0.05) is 6.92 Å². The highest BCUT2D eigenvalue weighted by atomic mass is 32.1. The Bertz CT molecular complexity index is 615. The van der Waals surface area contributed by atoms with E-state index < -0.39 is 0 Å². The number of hydrogen-bond acceptors (Lipinski definition) is 6. The predicted octanol–water partition coefficient (Wildman–Crippen LogP) is 2.35. The first-order valence-electron chi connectivity index (χ1n) is 6.97. The lowest BCUT2D eigenvalue weighted by atomic mass is 10.2. The molecular weight excluding hydrogens is 288 g/mol. The molecule has 0 aliphatic carbocycles. The molecule has 0 amide bonds. The number of fused-ring (bicyclic) bond motifs is 1. The molecular formula is C15H18N2O3S. The van der Waals surface area contributed by atoms with Gasteiger partial charge < -0.3 is 14.6 Å². The van der Waals surface area contributed by atoms with E-state index in [0.29, 0.717) is 6.54 Å². The highest BCUT2D eigenvalue weighted by molar-refractivity contribution is 7.13. The molecule has 21 heavy (non-hydrogen) atoms. The van der Waals surface area contributed by atoms with E-state index >= 15 is 0 Å². The van der Waals surface area contributed by atoms with Crippen molar-refractivity contribution in [3.8, 4) is 22.1 Å². The van der Waals surface area contributed by atoms with Crippen LogP contribution in [-0.2, 0) is 6.54 Å². The third-order valence-corrected chi connectivity index (χ3v) is 4.36. The molecule has 1 aromatic carbocycles. The Kier molecular flexibility index (Phi) is 4.38. The molecule has 1 N–H and O–H groups in total. The quantitative estimate of drug-likeness (QED) is 0.888. The Balaban J connectivity index is 1.75. The van der Waals surface area contributed by atoms with Gasteiger partial charge in [0.05, 0.1) is 12.3 Å². The van der Waals surface area contributed by atoms with Crippen LogP contribution < -0.4 is 9.47 Å². The molecule has 0 fully saturated rings. The van der Waals surface area contributed by atoms with Crippen molar-refractivity contribution in [3.63, 3.8) is 0 Å². The summed E-state index contributed by atoms with van der Waals surface area (Å²) in [4.78, 5) is 6.84. The summed E-state index contributed by atoms with van der Waals surface area (Å²) in [5.41, 5.74) is 2.07. The van der Waals surface area contributed by atoms with Gasteiger partial charge >= 0.3 is 0 Å². The number of likely N-dealkylation sites (N-methyl/N-ethyl adjacent to an activating group) is 1. The third kappa shape index (κ3) is 3.18. The maximum absolute atomic E-state index is 9.03. The van der Waals surface area contributed by atoms with Crippen LogP contribution in [0, 0.1) is 0 Å². The molecule has 5 nitrogen and oxygen atoms in total. The maximum atomic E-state index is 9.03. The maximum Gasteiger partial charge on any atom is 0.231 e. The van der Waals surface area contributed by atoms with Crippen LogP contribution >= 0.6 is 11.3 Å². The molecule has 1 aromatic heterocycles. The number of nitrogens with zero attached hydrogens (tertiary/aromatic N) is 2. The second kappa shape index (κ2) is 6.43. The number of ether oxygens (including phenoxy) is 2. The number of aliphatic hydroxyl groups is 1. The largest absolute Gasteiger partial charge is 0.454 e. The van der Waals surface area contributed by atoms with Gasteiger partial charge in [-0.25, -0.2) is 4.98 Å². The Labute approximate surface area is 127 Å². The Morgan fingerprint density at radius 1 is 1.33 bits per heavy atom. The van der Waals surface area contributed by atoms with E-state index in [2.05, 4.69) is 22.2 Å². The summed E-state index contributed by atoms with van der Waals surface area (Å²) >= 11 is 1.62. The molecule has 0 bridgehead atoms. The molecule has 2 aromatic rings. The number of aromatic nitrogens is 1. The molecule has 112 valence electrons. The van der Waals surface area contributed by atoms with E-state index in [1.807, 2.05) is 18.2 Å². The van der Waals surface area contributed by atoms with Crippen molar-refractivity contribution in [3.05, 3.63) is 29.3 Å². The molecule has 1 aliphatic rings. The Morgan fingerprint density at radius 3 is 3.00 bits per heavy atom. The van der Waals surface area contributed by atoms with Crippen molar-refractivity contribution in [1.29, 1.82) is 0 Å². The van der Waals surface area contributed by atoms with Crippen molar-refractivity contribution in [2.24, 2.45) is 0 Å². The van der Waals surface area contributed by atoms with Gasteiger partial charge in [0.1, 0.15) is 5.01 Å². The first-order chi connectivity index (χ1) is 10.3. The van der Waals surface area contributed by atoms with Gasteiger partial charge in [-0.2, -0.15) is 0 Å². The van der Waals surface area contributed by atoms with Crippen molar-refractivity contribution in [1.82, 2.24) is 9.88 Å². The number of hydrogen-bond donors (Lipinski definition) is 1. The molecule has 0 saturated carbocycles. The van der Waals surface area contributed by atoms with Crippen LogP contribution in [0.5, 0.6) is 11.5 Å². The minimum Gasteiger partial charge on any atom is -0.454 e. The van der Waals surface area contributed by atoms with Crippen LogP contribution in [-0.4, -0.2) is 41.5 Å². The van der Waals surface area contributed by atoms with Crippen LogP contribution in [0.25, 0.3) is 10.6 Å². The van der Waals surface area contributed by atoms with Crippen molar-refractivity contribution in [2.75, 3.05) is 26.5 Å².